The lowest BCUT2D eigenvalue weighted by molar-refractivity contribution is -0.118. The van der Waals surface area contributed by atoms with Crippen molar-refractivity contribution in [1.29, 1.82) is 0 Å². The lowest BCUT2D eigenvalue weighted by Crippen LogP contribution is -2.35. The molecule has 0 unspecified atom stereocenters. The van der Waals surface area contributed by atoms with Gasteiger partial charge in [0.2, 0.25) is 11.1 Å². The maximum Gasteiger partial charge on any atom is 0.230 e. The van der Waals surface area contributed by atoms with E-state index in [-0.39, 0.29) is 11.7 Å². The zero-order valence-corrected chi connectivity index (χ0v) is 18.7. The molecule has 0 aliphatic rings. The first-order chi connectivity index (χ1) is 14.5. The third-order valence-electron chi connectivity index (χ3n) is 4.96. The van der Waals surface area contributed by atoms with Gasteiger partial charge in [-0.1, -0.05) is 30.0 Å². The Morgan fingerprint density at radius 3 is 2.70 bits per heavy atom. The summed E-state index contributed by atoms with van der Waals surface area (Å²) in [5, 5.41) is 15.5. The van der Waals surface area contributed by atoms with E-state index < -0.39 is 0 Å². The van der Waals surface area contributed by atoms with Crippen LogP contribution >= 0.6 is 11.8 Å². The molecule has 0 saturated carbocycles. The Bertz CT molecular complexity index is 1000. The van der Waals surface area contributed by atoms with E-state index in [9.17, 15) is 4.79 Å². The number of carbonyl (C=O) groups is 1. The van der Waals surface area contributed by atoms with Crippen molar-refractivity contribution in [2.24, 2.45) is 0 Å². The second-order valence-corrected chi connectivity index (χ2v) is 8.14. The fraction of sp³-hybridized carbons (Fsp3) is 0.364. The van der Waals surface area contributed by atoms with Crippen molar-refractivity contribution in [3.8, 4) is 5.69 Å². The predicted octanol–water partition coefficient (Wildman–Crippen LogP) is 3.32. The van der Waals surface area contributed by atoms with Gasteiger partial charge in [0.15, 0.2) is 0 Å². The van der Waals surface area contributed by atoms with Crippen molar-refractivity contribution >= 4 is 23.4 Å². The quantitative estimate of drug-likeness (QED) is 0.531. The number of benzene rings is 2. The molecule has 0 aliphatic carbocycles. The summed E-state index contributed by atoms with van der Waals surface area (Å²) in [6, 6.07) is 14.5. The molecule has 2 aromatic carbocycles. The number of tetrazole rings is 1. The summed E-state index contributed by atoms with van der Waals surface area (Å²) in [7, 11) is 0. The van der Waals surface area contributed by atoms with Gasteiger partial charge in [0.25, 0.3) is 0 Å². The minimum atomic E-state index is -0.0325. The number of amides is 1. The average Bonchev–Trinajstić information content (AvgIpc) is 3.20. The zero-order chi connectivity index (χ0) is 21.5. The Labute approximate surface area is 181 Å². The Morgan fingerprint density at radius 2 is 1.97 bits per heavy atom. The number of aromatic nitrogens is 4. The molecule has 30 heavy (non-hydrogen) atoms. The van der Waals surface area contributed by atoms with Gasteiger partial charge >= 0.3 is 0 Å². The second-order valence-electron chi connectivity index (χ2n) is 7.20. The summed E-state index contributed by atoms with van der Waals surface area (Å²) in [4.78, 5) is 14.6. The molecule has 0 aliphatic heterocycles. The summed E-state index contributed by atoms with van der Waals surface area (Å²) in [6.45, 7) is 10.6. The normalized spacial score (nSPS) is 10.8. The largest absolute Gasteiger partial charge is 0.370 e. The predicted molar refractivity (Wildman–Crippen MR) is 121 cm³/mol. The van der Waals surface area contributed by atoms with Gasteiger partial charge in [-0.15, -0.1) is 5.10 Å². The molecule has 1 aromatic heterocycles. The SMILES string of the molecule is CCN(CCNC(=O)CSc1nnnn1-c1ccc(C)c(C)c1)c1cccc(C)c1. The van der Waals surface area contributed by atoms with Crippen LogP contribution in [0.2, 0.25) is 0 Å². The third-order valence-corrected chi connectivity index (χ3v) is 5.88. The van der Waals surface area contributed by atoms with E-state index in [2.05, 4.69) is 77.7 Å². The highest BCUT2D eigenvalue weighted by molar-refractivity contribution is 7.99. The number of hydrogen-bond donors (Lipinski definition) is 1. The molecule has 1 N–H and O–H groups in total. The highest BCUT2D eigenvalue weighted by Gasteiger charge is 2.12. The van der Waals surface area contributed by atoms with Crippen LogP contribution in [0, 0.1) is 20.8 Å². The smallest absolute Gasteiger partial charge is 0.230 e. The molecule has 0 radical (unpaired) electrons. The van der Waals surface area contributed by atoms with Gasteiger partial charge in [0.05, 0.1) is 11.4 Å². The molecule has 0 atom stereocenters. The first-order valence-electron chi connectivity index (χ1n) is 10.0. The van der Waals surface area contributed by atoms with E-state index in [1.165, 1.54) is 34.1 Å². The lowest BCUT2D eigenvalue weighted by Gasteiger charge is -2.23. The van der Waals surface area contributed by atoms with E-state index in [4.69, 9.17) is 0 Å². The monoisotopic (exact) mass is 424 g/mol. The van der Waals surface area contributed by atoms with Crippen molar-refractivity contribution in [3.63, 3.8) is 0 Å². The number of nitrogens with one attached hydrogen (secondary N) is 1. The molecular formula is C22H28N6OS. The van der Waals surface area contributed by atoms with Gasteiger partial charge in [-0.25, -0.2) is 0 Å². The lowest BCUT2D eigenvalue weighted by atomic mass is 10.1. The molecule has 0 saturated heterocycles. The molecule has 7 nitrogen and oxygen atoms in total. The van der Waals surface area contributed by atoms with Crippen LogP contribution in [0.3, 0.4) is 0 Å². The van der Waals surface area contributed by atoms with Crippen LogP contribution in [0.1, 0.15) is 23.6 Å². The van der Waals surface area contributed by atoms with Crippen LogP contribution in [0.25, 0.3) is 5.69 Å². The second kappa shape index (κ2) is 10.2. The molecule has 0 bridgehead atoms. The maximum atomic E-state index is 12.3. The van der Waals surface area contributed by atoms with Crippen molar-refractivity contribution in [3.05, 3.63) is 59.2 Å². The summed E-state index contributed by atoms with van der Waals surface area (Å²) in [5.74, 6) is 0.233. The standard InChI is InChI=1S/C22H28N6OS/c1-5-27(19-8-6-7-16(2)13-19)12-11-23-21(29)15-30-22-24-25-26-28(22)20-10-9-17(3)18(4)14-20/h6-10,13-14H,5,11-12,15H2,1-4H3,(H,23,29). The Balaban J connectivity index is 1.51. The van der Waals surface area contributed by atoms with Crippen LogP contribution < -0.4 is 10.2 Å². The summed E-state index contributed by atoms with van der Waals surface area (Å²) >= 11 is 1.33. The Morgan fingerprint density at radius 1 is 1.13 bits per heavy atom. The van der Waals surface area contributed by atoms with Crippen LogP contribution in [-0.4, -0.2) is 51.5 Å². The first kappa shape index (κ1) is 21.8. The van der Waals surface area contributed by atoms with Gasteiger partial charge in [-0.05, 0) is 79.1 Å². The van der Waals surface area contributed by atoms with Crippen molar-refractivity contribution in [1.82, 2.24) is 25.5 Å². The van der Waals surface area contributed by atoms with Crippen molar-refractivity contribution < 1.29 is 4.79 Å². The van der Waals surface area contributed by atoms with Crippen LogP contribution in [0.15, 0.2) is 47.6 Å². The number of anilines is 1. The minimum absolute atomic E-state index is 0.0325. The molecule has 3 rings (SSSR count). The summed E-state index contributed by atoms with van der Waals surface area (Å²) in [6.07, 6.45) is 0. The van der Waals surface area contributed by atoms with E-state index >= 15 is 0 Å². The molecule has 0 fully saturated rings. The number of hydrogen-bond acceptors (Lipinski definition) is 6. The molecule has 158 valence electrons. The van der Waals surface area contributed by atoms with E-state index in [1.807, 2.05) is 18.2 Å². The van der Waals surface area contributed by atoms with Crippen LogP contribution in [0.4, 0.5) is 5.69 Å². The van der Waals surface area contributed by atoms with E-state index in [1.54, 1.807) is 4.68 Å². The highest BCUT2D eigenvalue weighted by Crippen LogP contribution is 2.20. The number of nitrogens with zero attached hydrogens (tertiary/aromatic N) is 5. The number of thioether (sulfide) groups is 1. The minimum Gasteiger partial charge on any atom is -0.370 e. The third kappa shape index (κ3) is 5.60. The molecule has 0 spiro atoms. The van der Waals surface area contributed by atoms with Gasteiger partial charge in [-0.2, -0.15) is 4.68 Å². The summed E-state index contributed by atoms with van der Waals surface area (Å²) in [5.41, 5.74) is 5.68. The average molecular weight is 425 g/mol. The van der Waals surface area contributed by atoms with Gasteiger partial charge in [0, 0.05) is 25.3 Å². The van der Waals surface area contributed by atoms with Crippen molar-refractivity contribution in [2.75, 3.05) is 30.3 Å². The van der Waals surface area contributed by atoms with Crippen LogP contribution in [-0.2, 0) is 4.79 Å². The Hall–Kier alpha value is -2.87. The zero-order valence-electron chi connectivity index (χ0n) is 17.9. The maximum absolute atomic E-state index is 12.3. The fourth-order valence-electron chi connectivity index (χ4n) is 3.09. The van der Waals surface area contributed by atoms with Crippen molar-refractivity contribution in [2.45, 2.75) is 32.9 Å². The molecular weight excluding hydrogens is 396 g/mol. The van der Waals surface area contributed by atoms with E-state index in [0.29, 0.717) is 11.7 Å². The fourth-order valence-corrected chi connectivity index (χ4v) is 3.81. The number of likely N-dealkylation sites (N-methyl/N-ethyl adjacent to an activating group) is 1. The van der Waals surface area contributed by atoms with Crippen LogP contribution in [0.5, 0.6) is 0 Å². The first-order valence-corrected chi connectivity index (χ1v) is 11.0. The van der Waals surface area contributed by atoms with Gasteiger partial charge < -0.3 is 10.2 Å². The van der Waals surface area contributed by atoms with Gasteiger partial charge in [-0.3, -0.25) is 4.79 Å². The molecule has 1 heterocycles. The topological polar surface area (TPSA) is 75.9 Å². The number of carbonyl (C=O) groups excluding carboxylic acids is 1. The highest BCUT2D eigenvalue weighted by atomic mass is 32.2. The number of rotatable bonds is 9. The summed E-state index contributed by atoms with van der Waals surface area (Å²) < 4.78 is 1.67. The van der Waals surface area contributed by atoms with E-state index in [0.717, 1.165) is 18.8 Å². The number of aryl methyl sites for hydroxylation is 3. The molecule has 3 aromatic rings. The molecule has 1 amide bonds. The van der Waals surface area contributed by atoms with Gasteiger partial charge in [0.1, 0.15) is 0 Å². The molecule has 8 heteroatoms. The Kier molecular flexibility index (Phi) is 7.46.